The van der Waals surface area contributed by atoms with Crippen molar-refractivity contribution in [1.82, 2.24) is 0 Å². The number of carboxylic acid groups (broad SMARTS) is 1. The number of methoxy groups -OCH3 is 1. The van der Waals surface area contributed by atoms with Crippen molar-refractivity contribution in [2.24, 2.45) is 0 Å². The minimum Gasteiger partial charge on any atom is -0.544 e. The first-order chi connectivity index (χ1) is 12.5. The second-order valence-electron chi connectivity index (χ2n) is 5.77. The van der Waals surface area contributed by atoms with E-state index in [1.165, 1.54) is 31.0 Å². The molecule has 1 saturated heterocycles. The zero-order valence-corrected chi connectivity index (χ0v) is 15.5. The van der Waals surface area contributed by atoms with Gasteiger partial charge >= 0.3 is 0 Å². The summed E-state index contributed by atoms with van der Waals surface area (Å²) >= 11 is 7.54. The van der Waals surface area contributed by atoms with Crippen LogP contribution in [0.2, 0.25) is 5.02 Å². The minimum absolute atomic E-state index is 0.0295. The SMILES string of the molecule is COc1cc([C@H]2[NH2+][C@H](C(=O)[O-])CS2)ccc1OCc1c(F)cccc1Cl. The fraction of sp³-hybridized carbons (Fsp3) is 0.278. The van der Waals surface area contributed by atoms with Crippen molar-refractivity contribution >= 4 is 29.3 Å². The van der Waals surface area contributed by atoms with Gasteiger partial charge in [-0.3, -0.25) is 0 Å². The van der Waals surface area contributed by atoms with E-state index < -0.39 is 17.8 Å². The van der Waals surface area contributed by atoms with Gasteiger partial charge in [0.25, 0.3) is 0 Å². The predicted molar refractivity (Wildman–Crippen MR) is 94.7 cm³/mol. The first-order valence-corrected chi connectivity index (χ1v) is 9.33. The molecule has 0 saturated carbocycles. The number of hydrogen-bond acceptors (Lipinski definition) is 5. The summed E-state index contributed by atoms with van der Waals surface area (Å²) < 4.78 is 24.9. The maximum absolute atomic E-state index is 13.9. The Morgan fingerprint density at radius 3 is 2.85 bits per heavy atom. The van der Waals surface area contributed by atoms with Crippen LogP contribution < -0.4 is 19.9 Å². The van der Waals surface area contributed by atoms with E-state index in [-0.39, 0.29) is 17.5 Å². The summed E-state index contributed by atoms with van der Waals surface area (Å²) in [7, 11) is 1.51. The molecule has 0 aliphatic carbocycles. The third-order valence-electron chi connectivity index (χ3n) is 4.12. The van der Waals surface area contributed by atoms with Crippen LogP contribution in [0.1, 0.15) is 16.5 Å². The van der Waals surface area contributed by atoms with E-state index in [0.717, 1.165) is 5.56 Å². The number of quaternary nitrogens is 1. The molecule has 2 aromatic rings. The smallest absolute Gasteiger partial charge is 0.161 e. The fourth-order valence-electron chi connectivity index (χ4n) is 2.68. The first kappa shape index (κ1) is 18.8. The number of carbonyl (C=O) groups is 1. The number of carboxylic acids is 1. The van der Waals surface area contributed by atoms with Gasteiger partial charge in [-0.15, -0.1) is 0 Å². The van der Waals surface area contributed by atoms with Crippen LogP contribution in [-0.2, 0) is 11.4 Å². The van der Waals surface area contributed by atoms with Crippen molar-refractivity contribution in [3.8, 4) is 11.5 Å². The second kappa shape index (κ2) is 8.16. The number of nitrogens with two attached hydrogens (primary N) is 1. The average Bonchev–Trinajstić information content (AvgIpc) is 3.12. The lowest BCUT2D eigenvalue weighted by Gasteiger charge is -2.15. The number of carbonyl (C=O) groups excluding carboxylic acids is 1. The zero-order chi connectivity index (χ0) is 18.7. The van der Waals surface area contributed by atoms with Crippen LogP contribution in [0.4, 0.5) is 4.39 Å². The quantitative estimate of drug-likeness (QED) is 0.799. The topological polar surface area (TPSA) is 75.2 Å². The Hall–Kier alpha value is -1.96. The van der Waals surface area contributed by atoms with E-state index in [1.54, 1.807) is 23.5 Å². The number of ether oxygens (including phenoxy) is 2. The molecule has 1 aliphatic rings. The zero-order valence-electron chi connectivity index (χ0n) is 13.9. The van der Waals surface area contributed by atoms with Gasteiger partial charge in [0, 0.05) is 11.1 Å². The van der Waals surface area contributed by atoms with Crippen LogP contribution in [0.15, 0.2) is 36.4 Å². The van der Waals surface area contributed by atoms with Gasteiger partial charge in [0.15, 0.2) is 16.9 Å². The fourth-order valence-corrected chi connectivity index (χ4v) is 4.20. The summed E-state index contributed by atoms with van der Waals surface area (Å²) in [4.78, 5) is 11.0. The number of thioether (sulfide) groups is 1. The Labute approximate surface area is 159 Å². The molecule has 1 heterocycles. The summed E-state index contributed by atoms with van der Waals surface area (Å²) in [6.45, 7) is -0.0295. The number of rotatable bonds is 6. The monoisotopic (exact) mass is 397 g/mol. The van der Waals surface area contributed by atoms with E-state index >= 15 is 0 Å². The summed E-state index contributed by atoms with van der Waals surface area (Å²) in [6.07, 6.45) is 0. The number of hydrogen-bond donors (Lipinski definition) is 1. The van der Waals surface area contributed by atoms with Gasteiger partial charge in [0.1, 0.15) is 24.4 Å². The summed E-state index contributed by atoms with van der Waals surface area (Å²) in [5.74, 6) is -0.0674. The van der Waals surface area contributed by atoms with Crippen LogP contribution in [0.3, 0.4) is 0 Å². The molecule has 0 amide bonds. The average molecular weight is 398 g/mol. The van der Waals surface area contributed by atoms with Crippen molar-refractivity contribution in [3.63, 3.8) is 0 Å². The molecule has 1 fully saturated rings. The predicted octanol–water partition coefficient (Wildman–Crippen LogP) is 1.49. The van der Waals surface area contributed by atoms with Gasteiger partial charge in [0.2, 0.25) is 0 Å². The van der Waals surface area contributed by atoms with Crippen LogP contribution >= 0.6 is 23.4 Å². The highest BCUT2D eigenvalue weighted by Crippen LogP contribution is 2.35. The second-order valence-corrected chi connectivity index (χ2v) is 7.35. The summed E-state index contributed by atoms with van der Waals surface area (Å²) in [6, 6.07) is 9.26. The van der Waals surface area contributed by atoms with Gasteiger partial charge in [-0.1, -0.05) is 29.4 Å². The maximum atomic E-state index is 13.9. The van der Waals surface area contributed by atoms with Gasteiger partial charge in [-0.25, -0.2) is 4.39 Å². The molecule has 1 aliphatic heterocycles. The third kappa shape index (κ3) is 4.06. The lowest BCUT2D eigenvalue weighted by molar-refractivity contribution is -0.690. The first-order valence-electron chi connectivity index (χ1n) is 7.90. The lowest BCUT2D eigenvalue weighted by Crippen LogP contribution is -2.90. The molecule has 138 valence electrons. The Morgan fingerprint density at radius 1 is 1.38 bits per heavy atom. The van der Waals surface area contributed by atoms with E-state index in [2.05, 4.69) is 0 Å². The molecular weight excluding hydrogens is 381 g/mol. The highest BCUT2D eigenvalue weighted by atomic mass is 35.5. The van der Waals surface area contributed by atoms with Crippen molar-refractivity contribution in [2.45, 2.75) is 18.0 Å². The molecule has 2 N–H and O–H groups in total. The van der Waals surface area contributed by atoms with E-state index in [1.807, 2.05) is 6.07 Å². The number of benzene rings is 2. The van der Waals surface area contributed by atoms with E-state index in [0.29, 0.717) is 22.3 Å². The van der Waals surface area contributed by atoms with Crippen molar-refractivity contribution in [1.29, 1.82) is 0 Å². The molecule has 8 heteroatoms. The molecule has 0 bridgehead atoms. The third-order valence-corrected chi connectivity index (χ3v) is 5.81. The van der Waals surface area contributed by atoms with Crippen LogP contribution in [0.25, 0.3) is 0 Å². The van der Waals surface area contributed by atoms with Gasteiger partial charge in [-0.05, 0) is 30.3 Å². The standard InChI is InChI=1S/C18H17ClFNO4S/c1-24-16-7-10(17-21-14(9-26-17)18(22)23)5-6-15(16)25-8-11-12(19)3-2-4-13(11)20/h2-7,14,17,21H,8-9H2,1H3,(H,22,23)/t14-,17-/m0/s1. The Morgan fingerprint density at radius 2 is 2.19 bits per heavy atom. The minimum atomic E-state index is -1.06. The molecular formula is C18H17ClFNO4S. The van der Waals surface area contributed by atoms with Crippen LogP contribution in [0, 0.1) is 5.82 Å². The summed E-state index contributed by atoms with van der Waals surface area (Å²) in [5.41, 5.74) is 1.18. The highest BCUT2D eigenvalue weighted by molar-refractivity contribution is 7.99. The molecule has 0 unspecified atom stereocenters. The van der Waals surface area contributed by atoms with Crippen LogP contribution in [0.5, 0.6) is 11.5 Å². The molecule has 0 aromatic heterocycles. The lowest BCUT2D eigenvalue weighted by atomic mass is 10.2. The van der Waals surface area contributed by atoms with E-state index in [9.17, 15) is 14.3 Å². The van der Waals surface area contributed by atoms with Crippen LogP contribution in [-0.4, -0.2) is 24.9 Å². The molecule has 0 radical (unpaired) electrons. The molecule has 3 rings (SSSR count). The Bertz CT molecular complexity index is 800. The molecule has 2 aromatic carbocycles. The largest absolute Gasteiger partial charge is 0.544 e. The molecule has 26 heavy (non-hydrogen) atoms. The highest BCUT2D eigenvalue weighted by Gasteiger charge is 2.31. The molecule has 5 nitrogen and oxygen atoms in total. The van der Waals surface area contributed by atoms with Crippen molar-refractivity contribution in [2.75, 3.05) is 12.9 Å². The van der Waals surface area contributed by atoms with Gasteiger partial charge in [-0.2, -0.15) is 0 Å². The van der Waals surface area contributed by atoms with Crippen molar-refractivity contribution in [3.05, 3.63) is 58.4 Å². The van der Waals surface area contributed by atoms with Crippen molar-refractivity contribution < 1.29 is 29.1 Å². The number of halogens is 2. The Kier molecular flexibility index (Phi) is 5.90. The van der Waals surface area contributed by atoms with Gasteiger partial charge < -0.3 is 24.7 Å². The van der Waals surface area contributed by atoms with E-state index in [4.69, 9.17) is 21.1 Å². The Balaban J connectivity index is 1.74. The van der Waals surface area contributed by atoms with Gasteiger partial charge in [0.05, 0.1) is 17.9 Å². The normalized spacial score (nSPS) is 19.3. The molecule has 0 spiro atoms. The molecule has 2 atom stereocenters. The summed E-state index contributed by atoms with van der Waals surface area (Å²) in [5, 5.41) is 13.0. The number of aliphatic carboxylic acids is 1. The maximum Gasteiger partial charge on any atom is 0.161 e.